The SMILES string of the molecule is Cc1cnc(C(=O)NCc2cccc(Br)c2)cn1. The topological polar surface area (TPSA) is 54.9 Å². The molecule has 0 atom stereocenters. The van der Waals surface area contributed by atoms with E-state index in [0.717, 1.165) is 15.7 Å². The molecule has 0 aliphatic rings. The summed E-state index contributed by atoms with van der Waals surface area (Å²) in [4.78, 5) is 19.9. The molecular weight excluding hydrogens is 294 g/mol. The van der Waals surface area contributed by atoms with Gasteiger partial charge in [0.25, 0.3) is 5.91 Å². The van der Waals surface area contributed by atoms with Gasteiger partial charge in [-0.05, 0) is 24.6 Å². The number of benzene rings is 1. The molecule has 0 spiro atoms. The van der Waals surface area contributed by atoms with E-state index in [2.05, 4.69) is 31.2 Å². The molecule has 0 aliphatic carbocycles. The van der Waals surface area contributed by atoms with Crippen LogP contribution in [0, 0.1) is 6.92 Å². The predicted molar refractivity (Wildman–Crippen MR) is 72.1 cm³/mol. The van der Waals surface area contributed by atoms with Crippen LogP contribution >= 0.6 is 15.9 Å². The Balaban J connectivity index is 1.98. The molecule has 0 saturated heterocycles. The molecule has 18 heavy (non-hydrogen) atoms. The number of carbonyl (C=O) groups is 1. The number of hydrogen-bond donors (Lipinski definition) is 1. The zero-order chi connectivity index (χ0) is 13.0. The Morgan fingerprint density at radius 3 is 2.83 bits per heavy atom. The summed E-state index contributed by atoms with van der Waals surface area (Å²) in [5, 5.41) is 2.80. The number of rotatable bonds is 3. The van der Waals surface area contributed by atoms with Crippen LogP contribution in [0.1, 0.15) is 21.7 Å². The zero-order valence-electron chi connectivity index (χ0n) is 9.85. The van der Waals surface area contributed by atoms with Gasteiger partial charge in [0.15, 0.2) is 0 Å². The van der Waals surface area contributed by atoms with E-state index in [-0.39, 0.29) is 5.91 Å². The van der Waals surface area contributed by atoms with Gasteiger partial charge in [-0.1, -0.05) is 28.1 Å². The lowest BCUT2D eigenvalue weighted by atomic mass is 10.2. The summed E-state index contributed by atoms with van der Waals surface area (Å²) in [5.41, 5.74) is 2.15. The van der Waals surface area contributed by atoms with Crippen molar-refractivity contribution in [3.05, 3.63) is 58.1 Å². The third-order valence-electron chi connectivity index (χ3n) is 2.36. The van der Waals surface area contributed by atoms with Crippen LogP contribution in [0.4, 0.5) is 0 Å². The van der Waals surface area contributed by atoms with Gasteiger partial charge in [0.05, 0.1) is 11.9 Å². The van der Waals surface area contributed by atoms with Gasteiger partial charge in [0.1, 0.15) is 5.69 Å². The molecule has 1 N–H and O–H groups in total. The summed E-state index contributed by atoms with van der Waals surface area (Å²) >= 11 is 3.39. The van der Waals surface area contributed by atoms with Crippen LogP contribution < -0.4 is 5.32 Å². The number of carbonyl (C=O) groups excluding carboxylic acids is 1. The van der Waals surface area contributed by atoms with Crippen LogP contribution in [0.25, 0.3) is 0 Å². The highest BCUT2D eigenvalue weighted by Gasteiger charge is 2.06. The van der Waals surface area contributed by atoms with Gasteiger partial charge in [-0.2, -0.15) is 0 Å². The van der Waals surface area contributed by atoms with Gasteiger partial charge in [-0.15, -0.1) is 0 Å². The van der Waals surface area contributed by atoms with Crippen LogP contribution in [0.15, 0.2) is 41.1 Å². The summed E-state index contributed by atoms with van der Waals surface area (Å²) < 4.78 is 0.990. The average molecular weight is 306 g/mol. The third-order valence-corrected chi connectivity index (χ3v) is 2.85. The minimum Gasteiger partial charge on any atom is -0.347 e. The lowest BCUT2D eigenvalue weighted by Gasteiger charge is -2.05. The fourth-order valence-corrected chi connectivity index (χ4v) is 1.88. The standard InChI is InChI=1S/C13H12BrN3O/c1-9-6-16-12(8-15-9)13(18)17-7-10-3-2-4-11(14)5-10/h2-6,8H,7H2,1H3,(H,17,18). The number of amides is 1. The molecule has 0 bridgehead atoms. The summed E-state index contributed by atoms with van der Waals surface area (Å²) in [6, 6.07) is 7.78. The number of nitrogens with one attached hydrogen (secondary N) is 1. The molecule has 0 saturated carbocycles. The third kappa shape index (κ3) is 3.37. The smallest absolute Gasteiger partial charge is 0.271 e. The van der Waals surface area contributed by atoms with Crippen molar-refractivity contribution in [3.8, 4) is 0 Å². The van der Waals surface area contributed by atoms with E-state index in [0.29, 0.717) is 12.2 Å². The minimum absolute atomic E-state index is 0.220. The van der Waals surface area contributed by atoms with Gasteiger partial charge >= 0.3 is 0 Å². The van der Waals surface area contributed by atoms with Crippen LogP contribution in [-0.2, 0) is 6.54 Å². The van der Waals surface area contributed by atoms with Crippen molar-refractivity contribution in [1.29, 1.82) is 0 Å². The summed E-state index contributed by atoms with van der Waals surface area (Å²) in [6.07, 6.45) is 3.06. The highest BCUT2D eigenvalue weighted by Crippen LogP contribution is 2.11. The van der Waals surface area contributed by atoms with Crippen molar-refractivity contribution in [2.24, 2.45) is 0 Å². The number of hydrogen-bond acceptors (Lipinski definition) is 3. The summed E-state index contributed by atoms with van der Waals surface area (Å²) in [6.45, 7) is 2.30. The Bertz CT molecular complexity index is 554. The van der Waals surface area contributed by atoms with Gasteiger partial charge < -0.3 is 5.32 Å². The van der Waals surface area contributed by atoms with Crippen LogP contribution in [0.3, 0.4) is 0 Å². The normalized spacial score (nSPS) is 10.1. The molecule has 92 valence electrons. The van der Waals surface area contributed by atoms with E-state index in [4.69, 9.17) is 0 Å². The maximum Gasteiger partial charge on any atom is 0.271 e. The van der Waals surface area contributed by atoms with Crippen molar-refractivity contribution in [1.82, 2.24) is 15.3 Å². The maximum absolute atomic E-state index is 11.8. The summed E-state index contributed by atoms with van der Waals surface area (Å²) in [7, 11) is 0. The lowest BCUT2D eigenvalue weighted by molar-refractivity contribution is 0.0945. The quantitative estimate of drug-likeness (QED) is 0.948. The van der Waals surface area contributed by atoms with Crippen molar-refractivity contribution in [2.75, 3.05) is 0 Å². The fraction of sp³-hybridized carbons (Fsp3) is 0.154. The van der Waals surface area contributed by atoms with Crippen LogP contribution in [-0.4, -0.2) is 15.9 Å². The molecule has 0 radical (unpaired) electrons. The van der Waals surface area contributed by atoms with E-state index in [1.807, 2.05) is 31.2 Å². The van der Waals surface area contributed by atoms with E-state index < -0.39 is 0 Å². The molecule has 0 unspecified atom stereocenters. The van der Waals surface area contributed by atoms with Crippen molar-refractivity contribution >= 4 is 21.8 Å². The monoisotopic (exact) mass is 305 g/mol. The Morgan fingerprint density at radius 1 is 1.33 bits per heavy atom. The maximum atomic E-state index is 11.8. The lowest BCUT2D eigenvalue weighted by Crippen LogP contribution is -2.24. The van der Waals surface area contributed by atoms with E-state index in [1.54, 1.807) is 6.20 Å². The molecule has 0 aliphatic heterocycles. The molecule has 2 rings (SSSR count). The molecule has 1 amide bonds. The molecule has 4 nitrogen and oxygen atoms in total. The molecule has 5 heteroatoms. The largest absolute Gasteiger partial charge is 0.347 e. The molecule has 1 heterocycles. The van der Waals surface area contributed by atoms with Crippen LogP contribution in [0.2, 0.25) is 0 Å². The molecule has 1 aromatic heterocycles. The molecule has 0 fully saturated rings. The first-order valence-corrected chi connectivity index (χ1v) is 6.26. The number of aryl methyl sites for hydroxylation is 1. The second-order valence-electron chi connectivity index (χ2n) is 3.86. The molecular formula is C13H12BrN3O. The zero-order valence-corrected chi connectivity index (χ0v) is 11.4. The highest BCUT2D eigenvalue weighted by molar-refractivity contribution is 9.10. The van der Waals surface area contributed by atoms with Crippen molar-refractivity contribution in [3.63, 3.8) is 0 Å². The molecule has 1 aromatic carbocycles. The Labute approximate surface area is 114 Å². The predicted octanol–water partition coefficient (Wildman–Crippen LogP) is 2.48. The Morgan fingerprint density at radius 2 is 2.17 bits per heavy atom. The van der Waals surface area contributed by atoms with E-state index >= 15 is 0 Å². The average Bonchev–Trinajstić information content (AvgIpc) is 2.37. The Hall–Kier alpha value is -1.75. The number of aromatic nitrogens is 2. The van der Waals surface area contributed by atoms with Crippen molar-refractivity contribution in [2.45, 2.75) is 13.5 Å². The highest BCUT2D eigenvalue weighted by atomic mass is 79.9. The number of nitrogens with zero attached hydrogens (tertiary/aromatic N) is 2. The minimum atomic E-state index is -0.220. The van der Waals surface area contributed by atoms with Gasteiger partial charge in [-0.3, -0.25) is 9.78 Å². The second kappa shape index (κ2) is 5.73. The number of halogens is 1. The first-order valence-electron chi connectivity index (χ1n) is 5.46. The van der Waals surface area contributed by atoms with Gasteiger partial charge in [0, 0.05) is 17.2 Å². The van der Waals surface area contributed by atoms with Gasteiger partial charge in [-0.25, -0.2) is 4.98 Å². The first-order chi connectivity index (χ1) is 8.65. The van der Waals surface area contributed by atoms with Crippen molar-refractivity contribution < 1.29 is 4.79 Å². The van der Waals surface area contributed by atoms with E-state index in [1.165, 1.54) is 6.20 Å². The Kier molecular flexibility index (Phi) is 4.04. The first kappa shape index (κ1) is 12.7. The fourth-order valence-electron chi connectivity index (χ4n) is 1.43. The summed E-state index contributed by atoms with van der Waals surface area (Å²) in [5.74, 6) is -0.220. The van der Waals surface area contributed by atoms with E-state index in [9.17, 15) is 4.79 Å². The molecule has 2 aromatic rings. The van der Waals surface area contributed by atoms with Crippen LogP contribution in [0.5, 0.6) is 0 Å². The second-order valence-corrected chi connectivity index (χ2v) is 4.77. The van der Waals surface area contributed by atoms with Gasteiger partial charge in [0.2, 0.25) is 0 Å².